The molecule has 0 unspecified atom stereocenters. The molecule has 1 aromatic carbocycles. The summed E-state index contributed by atoms with van der Waals surface area (Å²) < 4.78 is 0. The van der Waals surface area contributed by atoms with E-state index in [-0.39, 0.29) is 5.41 Å². The Hall–Kier alpha value is -1.57. The van der Waals surface area contributed by atoms with Crippen LogP contribution < -0.4 is 0 Å². The van der Waals surface area contributed by atoms with Gasteiger partial charge in [0, 0.05) is 5.41 Å². The van der Waals surface area contributed by atoms with Crippen molar-refractivity contribution in [3.63, 3.8) is 0 Å². The van der Waals surface area contributed by atoms with Crippen LogP contribution in [0.5, 0.6) is 0 Å². The van der Waals surface area contributed by atoms with Gasteiger partial charge in [-0.05, 0) is 42.4 Å². The van der Waals surface area contributed by atoms with Crippen LogP contribution in [0.4, 0.5) is 0 Å². The third-order valence-electron chi connectivity index (χ3n) is 5.25. The molecule has 0 radical (unpaired) electrons. The smallest absolute Gasteiger partial charge is 0.113 e. The summed E-state index contributed by atoms with van der Waals surface area (Å²) in [5, 5.41) is 0. The van der Waals surface area contributed by atoms with Crippen LogP contribution in [0.15, 0.2) is 24.3 Å². The summed E-state index contributed by atoms with van der Waals surface area (Å²) >= 11 is 0. The number of hydrogen-bond acceptors (Lipinski definition) is 1. The Kier molecular flexibility index (Phi) is 4.12. The second-order valence-electron chi connectivity index (χ2n) is 7.48. The fraction of sp³-hybridized carbons (Fsp3) is 0.550. The molecule has 1 aliphatic carbocycles. The first-order valence-corrected chi connectivity index (χ1v) is 8.70. The zero-order valence-corrected chi connectivity index (χ0v) is 14.3. The first-order valence-electron chi connectivity index (χ1n) is 8.70. The molecule has 0 amide bonds. The molecule has 3 rings (SSSR count). The normalized spacial score (nSPS) is 18.3. The lowest BCUT2D eigenvalue weighted by molar-refractivity contribution is 0.299. The van der Waals surface area contributed by atoms with Gasteiger partial charge in [0.05, 0.1) is 11.0 Å². The van der Waals surface area contributed by atoms with Gasteiger partial charge >= 0.3 is 0 Å². The highest BCUT2D eigenvalue weighted by Gasteiger charge is 2.41. The summed E-state index contributed by atoms with van der Waals surface area (Å²) in [6, 6.07) is 6.55. The number of hydrogen-bond donors (Lipinski definition) is 1. The molecule has 2 nitrogen and oxygen atoms in total. The predicted molar refractivity (Wildman–Crippen MR) is 94.9 cm³/mol. The first kappa shape index (κ1) is 15.3. The minimum atomic E-state index is 0.257. The molecule has 2 heteroatoms. The van der Waals surface area contributed by atoms with Crippen LogP contribution in [0.3, 0.4) is 0 Å². The van der Waals surface area contributed by atoms with Gasteiger partial charge in [0.15, 0.2) is 0 Å². The van der Waals surface area contributed by atoms with Crippen molar-refractivity contribution in [3.05, 3.63) is 35.7 Å². The minimum Gasteiger partial charge on any atom is -0.341 e. The van der Waals surface area contributed by atoms with Crippen molar-refractivity contribution in [1.29, 1.82) is 0 Å². The fourth-order valence-electron chi connectivity index (χ4n) is 3.76. The van der Waals surface area contributed by atoms with Gasteiger partial charge < -0.3 is 4.98 Å². The maximum absolute atomic E-state index is 4.94. The van der Waals surface area contributed by atoms with E-state index in [0.29, 0.717) is 11.8 Å². The van der Waals surface area contributed by atoms with E-state index in [1.165, 1.54) is 42.6 Å². The van der Waals surface area contributed by atoms with Crippen LogP contribution in [0.25, 0.3) is 17.1 Å². The quantitative estimate of drug-likeness (QED) is 0.770. The van der Waals surface area contributed by atoms with Gasteiger partial charge in [-0.3, -0.25) is 0 Å². The molecule has 1 heterocycles. The number of rotatable bonds is 4. The average molecular weight is 296 g/mol. The Morgan fingerprint density at radius 2 is 1.86 bits per heavy atom. The van der Waals surface area contributed by atoms with Crippen molar-refractivity contribution in [2.45, 2.75) is 58.8 Å². The predicted octanol–water partition coefficient (Wildman–Crippen LogP) is 5.70. The van der Waals surface area contributed by atoms with E-state index in [1.807, 2.05) is 0 Å². The molecule has 1 fully saturated rings. The third-order valence-corrected chi connectivity index (χ3v) is 5.25. The van der Waals surface area contributed by atoms with Crippen LogP contribution in [0.1, 0.15) is 64.8 Å². The second kappa shape index (κ2) is 5.91. The van der Waals surface area contributed by atoms with E-state index >= 15 is 0 Å². The summed E-state index contributed by atoms with van der Waals surface area (Å²) in [5.41, 5.74) is 3.78. The van der Waals surface area contributed by atoms with Gasteiger partial charge in [-0.25, -0.2) is 4.98 Å². The van der Waals surface area contributed by atoms with Gasteiger partial charge in [-0.15, -0.1) is 0 Å². The topological polar surface area (TPSA) is 28.7 Å². The van der Waals surface area contributed by atoms with Gasteiger partial charge in [-0.1, -0.05) is 58.8 Å². The number of fused-ring (bicyclic) bond motifs is 1. The minimum absolute atomic E-state index is 0.257. The van der Waals surface area contributed by atoms with Gasteiger partial charge in [0.25, 0.3) is 0 Å². The van der Waals surface area contributed by atoms with Crippen molar-refractivity contribution >= 4 is 17.1 Å². The number of H-pyrrole nitrogens is 1. The molecule has 0 aliphatic heterocycles. The summed E-state index contributed by atoms with van der Waals surface area (Å²) in [4.78, 5) is 8.59. The van der Waals surface area contributed by atoms with Crippen LogP contribution >= 0.6 is 0 Å². The molecule has 0 atom stereocenters. The summed E-state index contributed by atoms with van der Waals surface area (Å²) in [7, 11) is 0. The Balaban J connectivity index is 1.99. The molecule has 118 valence electrons. The van der Waals surface area contributed by atoms with Crippen molar-refractivity contribution in [2.75, 3.05) is 0 Å². The second-order valence-corrected chi connectivity index (χ2v) is 7.48. The largest absolute Gasteiger partial charge is 0.341 e. The van der Waals surface area contributed by atoms with E-state index in [4.69, 9.17) is 4.98 Å². The number of nitrogens with zero attached hydrogens (tertiary/aromatic N) is 1. The molecule has 0 bridgehead atoms. The zero-order chi connectivity index (χ0) is 15.7. The zero-order valence-electron chi connectivity index (χ0n) is 14.3. The Morgan fingerprint density at radius 1 is 1.14 bits per heavy atom. The number of nitrogens with one attached hydrogen (secondary N) is 1. The molecule has 0 spiro atoms. The van der Waals surface area contributed by atoms with Crippen molar-refractivity contribution in [2.24, 2.45) is 11.8 Å². The number of imidazole rings is 1. The lowest BCUT2D eigenvalue weighted by Crippen LogP contribution is -2.30. The molecule has 1 saturated carbocycles. The number of benzene rings is 1. The SMILES string of the molecule is CC(C)/C=C/c1ccc2nc(C3(C(C)C)CCCC3)[nH]c2c1. The van der Waals surface area contributed by atoms with Crippen molar-refractivity contribution in [1.82, 2.24) is 9.97 Å². The van der Waals surface area contributed by atoms with Crippen LogP contribution in [0, 0.1) is 11.8 Å². The van der Waals surface area contributed by atoms with Gasteiger partial charge in [0.2, 0.25) is 0 Å². The van der Waals surface area contributed by atoms with E-state index < -0.39 is 0 Å². The molecule has 2 aromatic rings. The van der Waals surface area contributed by atoms with Crippen LogP contribution in [-0.4, -0.2) is 9.97 Å². The molecule has 1 aromatic heterocycles. The highest BCUT2D eigenvalue weighted by molar-refractivity contribution is 5.78. The van der Waals surface area contributed by atoms with Crippen molar-refractivity contribution < 1.29 is 0 Å². The molecule has 1 N–H and O–H groups in total. The van der Waals surface area contributed by atoms with Crippen LogP contribution in [0.2, 0.25) is 0 Å². The lowest BCUT2D eigenvalue weighted by atomic mass is 9.75. The Labute approximate surface area is 134 Å². The molecule has 22 heavy (non-hydrogen) atoms. The highest BCUT2D eigenvalue weighted by atomic mass is 14.9. The Bertz CT molecular complexity index is 670. The van der Waals surface area contributed by atoms with E-state index in [0.717, 1.165) is 5.52 Å². The highest BCUT2D eigenvalue weighted by Crippen LogP contribution is 2.45. The summed E-state index contributed by atoms with van der Waals surface area (Å²) in [6.07, 6.45) is 9.65. The lowest BCUT2D eigenvalue weighted by Gasteiger charge is -2.31. The van der Waals surface area contributed by atoms with E-state index in [2.05, 4.69) is 63.0 Å². The van der Waals surface area contributed by atoms with Gasteiger partial charge in [-0.2, -0.15) is 0 Å². The fourth-order valence-corrected chi connectivity index (χ4v) is 3.76. The summed E-state index contributed by atoms with van der Waals surface area (Å²) in [6.45, 7) is 9.09. The number of aromatic nitrogens is 2. The van der Waals surface area contributed by atoms with Crippen LogP contribution in [-0.2, 0) is 5.41 Å². The first-order chi connectivity index (χ1) is 10.5. The van der Waals surface area contributed by atoms with Gasteiger partial charge in [0.1, 0.15) is 5.82 Å². The maximum atomic E-state index is 4.94. The molecule has 0 saturated heterocycles. The molecule has 1 aliphatic rings. The third kappa shape index (κ3) is 2.71. The monoisotopic (exact) mass is 296 g/mol. The standard InChI is InChI=1S/C20H28N2/c1-14(2)7-8-16-9-10-17-18(13-16)22-19(21-17)20(15(3)4)11-5-6-12-20/h7-10,13-15H,5-6,11-12H2,1-4H3,(H,21,22)/b8-7+. The molecular weight excluding hydrogens is 268 g/mol. The average Bonchev–Trinajstić information content (AvgIpc) is 3.11. The number of aromatic amines is 1. The van der Waals surface area contributed by atoms with E-state index in [9.17, 15) is 0 Å². The number of allylic oxidation sites excluding steroid dienone is 1. The molecular formula is C20H28N2. The maximum Gasteiger partial charge on any atom is 0.113 e. The Morgan fingerprint density at radius 3 is 2.50 bits per heavy atom. The summed E-state index contributed by atoms with van der Waals surface area (Å²) in [5.74, 6) is 2.42. The van der Waals surface area contributed by atoms with E-state index in [1.54, 1.807) is 0 Å². The van der Waals surface area contributed by atoms with Crippen molar-refractivity contribution in [3.8, 4) is 0 Å².